The van der Waals surface area contributed by atoms with Crippen molar-refractivity contribution in [1.82, 2.24) is 0 Å². The average molecular weight is 1240 g/mol. The van der Waals surface area contributed by atoms with Crippen LogP contribution in [0.1, 0.15) is 133 Å². The molecule has 0 aromatic heterocycles. The molecule has 11 aromatic rings. The number of hydrogen-bond acceptors (Lipinski definition) is 2. The van der Waals surface area contributed by atoms with Gasteiger partial charge in [0.1, 0.15) is 0 Å². The van der Waals surface area contributed by atoms with E-state index >= 15 is 0 Å². The molecule has 0 spiro atoms. The molecule has 0 aliphatic carbocycles. The van der Waals surface area contributed by atoms with E-state index in [0.29, 0.717) is 22.3 Å². The van der Waals surface area contributed by atoms with Crippen molar-refractivity contribution in [3.8, 4) is 11.1 Å². The third kappa shape index (κ3) is 28.9. The number of hydrogen-bond donors (Lipinski definition) is 0. The molecule has 0 radical (unpaired) electrons. The van der Waals surface area contributed by atoms with Gasteiger partial charge in [-0.3, -0.25) is 9.59 Å². The second kappa shape index (κ2) is 46.7. The maximum atomic E-state index is 14.5. The van der Waals surface area contributed by atoms with Crippen LogP contribution < -0.4 is 0 Å². The maximum absolute atomic E-state index is 14.5. The summed E-state index contributed by atoms with van der Waals surface area (Å²) in [7, 11) is 0. The first-order valence-electron chi connectivity index (χ1n) is 33.0. The van der Waals surface area contributed by atoms with E-state index in [0.717, 1.165) is 55.6 Å². The molecule has 0 unspecified atom stereocenters. The SMILES string of the molecule is C=C(C(=O)/C(=C(/c1cc(C)cc(C)c1)c1cccc(-c2cc(C)cc(C)c2)c1)c1ccccc1)c1ccccc1.C=C(C(=O)C(=C)c1ccccc1)c1ccccc1.CC.CC.CC.CC.Cc1ccccc1.Cc1ccccc1.Cc1ccccc1.Cc1ccccc1. The summed E-state index contributed by atoms with van der Waals surface area (Å²) in [5.41, 5.74) is 20.7. The molecule has 0 bridgehead atoms. The molecule has 0 saturated heterocycles. The quantitative estimate of drug-likeness (QED) is 0.0955. The van der Waals surface area contributed by atoms with Crippen LogP contribution in [-0.2, 0) is 9.59 Å². The first kappa shape index (κ1) is 79.8. The van der Waals surface area contributed by atoms with E-state index in [9.17, 15) is 9.59 Å². The summed E-state index contributed by atoms with van der Waals surface area (Å²) in [6.07, 6.45) is 0. The predicted octanol–water partition coefficient (Wildman–Crippen LogP) is 25.9. The Kier molecular flexibility index (Phi) is 39.7. The molecule has 0 saturated carbocycles. The minimum Gasteiger partial charge on any atom is -0.289 e. The molecule has 0 atom stereocenters. The minimum absolute atomic E-state index is 0.0802. The van der Waals surface area contributed by atoms with Gasteiger partial charge in [-0.1, -0.05) is 417 Å². The predicted molar refractivity (Wildman–Crippen MR) is 416 cm³/mol. The van der Waals surface area contributed by atoms with Gasteiger partial charge in [0.2, 0.25) is 0 Å². The summed E-state index contributed by atoms with van der Waals surface area (Å²) >= 11 is 0. The highest BCUT2D eigenvalue weighted by Crippen LogP contribution is 2.38. The number of allylic oxidation sites excluding steroid dienone is 4. The van der Waals surface area contributed by atoms with Gasteiger partial charge in [-0.25, -0.2) is 0 Å². The number of ketones is 2. The van der Waals surface area contributed by atoms with Crippen molar-refractivity contribution in [3.63, 3.8) is 0 Å². The third-order valence-corrected chi connectivity index (χ3v) is 13.7. The number of Topliss-reactive ketones (excluding diaryl/α,β-unsaturated/α-hetero) is 2. The first-order valence-corrected chi connectivity index (χ1v) is 33.0. The Balaban J connectivity index is 0.000000453. The average Bonchev–Trinajstić information content (AvgIpc) is 0.783. The van der Waals surface area contributed by atoms with Gasteiger partial charge >= 0.3 is 0 Å². The highest BCUT2D eigenvalue weighted by molar-refractivity contribution is 6.46. The fourth-order valence-electron chi connectivity index (χ4n) is 9.35. The zero-order chi connectivity index (χ0) is 69.6. The molecule has 0 N–H and O–H groups in total. The normalized spacial score (nSPS) is 9.66. The van der Waals surface area contributed by atoms with Crippen LogP contribution in [0.15, 0.2) is 323 Å². The zero-order valence-corrected chi connectivity index (χ0v) is 59.3. The first-order chi connectivity index (χ1) is 45.6. The molecule has 94 heavy (non-hydrogen) atoms. The lowest BCUT2D eigenvalue weighted by atomic mass is 9.83. The second-order valence-corrected chi connectivity index (χ2v) is 21.3. The van der Waals surface area contributed by atoms with Gasteiger partial charge in [-0.2, -0.15) is 0 Å². The van der Waals surface area contributed by atoms with Crippen molar-refractivity contribution in [2.75, 3.05) is 0 Å². The lowest BCUT2D eigenvalue weighted by Crippen LogP contribution is -2.08. The van der Waals surface area contributed by atoms with E-state index < -0.39 is 0 Å². The van der Waals surface area contributed by atoms with Gasteiger partial charge in [0, 0.05) is 27.9 Å². The summed E-state index contributed by atoms with van der Waals surface area (Å²) in [6, 6.07) is 101. The molecule has 11 aromatic carbocycles. The molecular weight excluding hydrogens is 1140 g/mol. The molecular formula is C92H104O2. The van der Waals surface area contributed by atoms with Crippen LogP contribution in [0.3, 0.4) is 0 Å². The fourth-order valence-corrected chi connectivity index (χ4v) is 9.35. The van der Waals surface area contributed by atoms with Gasteiger partial charge < -0.3 is 0 Å². The lowest BCUT2D eigenvalue weighted by molar-refractivity contribution is -0.109. The topological polar surface area (TPSA) is 34.1 Å². The van der Waals surface area contributed by atoms with Crippen molar-refractivity contribution in [1.29, 1.82) is 0 Å². The van der Waals surface area contributed by atoms with Crippen molar-refractivity contribution < 1.29 is 9.59 Å². The number of benzene rings is 11. The summed E-state index contributed by atoms with van der Waals surface area (Å²) in [5.74, 6) is -0.198. The second-order valence-electron chi connectivity index (χ2n) is 21.3. The van der Waals surface area contributed by atoms with Crippen LogP contribution >= 0.6 is 0 Å². The number of aryl methyl sites for hydroxylation is 8. The van der Waals surface area contributed by atoms with Crippen molar-refractivity contribution in [2.45, 2.75) is 111 Å². The van der Waals surface area contributed by atoms with E-state index in [-0.39, 0.29) is 11.6 Å². The molecule has 484 valence electrons. The zero-order valence-electron chi connectivity index (χ0n) is 59.3. The summed E-state index contributed by atoms with van der Waals surface area (Å²) < 4.78 is 0. The standard InChI is InChI=1S/C39H34O.C17H14O.4C7H8.4C2H6/c1-26-19-27(2)22-35(21-26)33-17-12-18-34(25-33)37(36-23-28(3)20-29(4)24-36)38(32-15-10-7-11-16-32)39(40)30(5)31-13-8-6-9-14-31;1-13(15-9-5-3-6-10-15)17(18)14(2)16-11-7-4-8-12-16;4*1-7-5-3-2-4-6-7;4*1-2/h6-25H,5H2,1-4H3;3-12H,1-2H2;4*2-6H,1H3;4*1-2H3/b38-37+;;;;;;;;;. The van der Waals surface area contributed by atoms with E-state index in [4.69, 9.17) is 0 Å². The molecule has 2 heteroatoms. The number of rotatable bonds is 11. The van der Waals surface area contributed by atoms with E-state index in [2.05, 4.69) is 184 Å². The molecule has 0 aliphatic rings. The van der Waals surface area contributed by atoms with Gasteiger partial charge in [-0.05, 0) is 106 Å². The highest BCUT2D eigenvalue weighted by Gasteiger charge is 2.24. The minimum atomic E-state index is -0.118. The van der Waals surface area contributed by atoms with E-state index in [1.165, 1.54) is 38.9 Å². The van der Waals surface area contributed by atoms with Crippen LogP contribution in [0, 0.1) is 55.4 Å². The Morgan fingerprint density at radius 3 is 0.734 bits per heavy atom. The molecule has 2 nitrogen and oxygen atoms in total. The summed E-state index contributed by atoms with van der Waals surface area (Å²) in [6.45, 7) is 44.8. The Hall–Kier alpha value is -10.3. The Labute approximate surface area is 568 Å². The smallest absolute Gasteiger partial charge is 0.194 e. The molecule has 0 heterocycles. The van der Waals surface area contributed by atoms with Crippen molar-refractivity contribution >= 4 is 39.4 Å². The van der Waals surface area contributed by atoms with Crippen LogP contribution in [-0.4, -0.2) is 11.6 Å². The van der Waals surface area contributed by atoms with Gasteiger partial charge in [0.15, 0.2) is 11.6 Å². The van der Waals surface area contributed by atoms with Gasteiger partial charge in [0.05, 0.1) is 0 Å². The Morgan fingerprint density at radius 2 is 0.457 bits per heavy atom. The van der Waals surface area contributed by atoms with Gasteiger partial charge in [-0.15, -0.1) is 0 Å². The largest absolute Gasteiger partial charge is 0.289 e. The fraction of sp³-hybridized carbons (Fsp3) is 0.174. The summed E-state index contributed by atoms with van der Waals surface area (Å²) in [5, 5.41) is 0. The van der Waals surface area contributed by atoms with Crippen LogP contribution in [0.4, 0.5) is 0 Å². The van der Waals surface area contributed by atoms with Gasteiger partial charge in [0.25, 0.3) is 0 Å². The van der Waals surface area contributed by atoms with Crippen LogP contribution in [0.5, 0.6) is 0 Å². The summed E-state index contributed by atoms with van der Waals surface area (Å²) in [4.78, 5) is 26.7. The third-order valence-electron chi connectivity index (χ3n) is 13.7. The van der Waals surface area contributed by atoms with Crippen LogP contribution in [0.25, 0.3) is 39.0 Å². The maximum Gasteiger partial charge on any atom is 0.194 e. The van der Waals surface area contributed by atoms with Crippen LogP contribution in [0.2, 0.25) is 0 Å². The molecule has 0 fully saturated rings. The Bertz CT molecular complexity index is 3680. The Morgan fingerprint density at radius 1 is 0.213 bits per heavy atom. The van der Waals surface area contributed by atoms with E-state index in [1.807, 2.05) is 250 Å². The lowest BCUT2D eigenvalue weighted by Gasteiger charge is -2.19. The molecule has 11 rings (SSSR count). The molecule has 0 amide bonds. The van der Waals surface area contributed by atoms with Crippen molar-refractivity contribution in [2.24, 2.45) is 0 Å². The van der Waals surface area contributed by atoms with E-state index in [1.54, 1.807) is 0 Å². The monoisotopic (exact) mass is 1240 g/mol. The number of carbonyl (C=O) groups excluding carboxylic acids is 2. The number of carbonyl (C=O) groups is 2. The highest BCUT2D eigenvalue weighted by atomic mass is 16.1. The molecule has 0 aliphatic heterocycles. The van der Waals surface area contributed by atoms with Crippen molar-refractivity contribution in [3.05, 3.63) is 401 Å².